The van der Waals surface area contributed by atoms with Crippen LogP contribution < -0.4 is 5.73 Å². The molecule has 0 atom stereocenters. The molecule has 0 saturated carbocycles. The summed E-state index contributed by atoms with van der Waals surface area (Å²) in [6.45, 7) is 0. The predicted molar refractivity (Wildman–Crippen MR) is 48.8 cm³/mol. The Balaban J connectivity index is 2.69. The number of carbonyl (C=O) groups is 2. The molecule has 1 rings (SSSR count). The number of hydrogen-bond donors (Lipinski definition) is 2. The van der Waals surface area contributed by atoms with E-state index in [-0.39, 0.29) is 5.56 Å². The zero-order chi connectivity index (χ0) is 10.6. The molecular formula is C9H8N2O3. The number of carbonyl (C=O) groups excluding carboxylic acids is 2. The van der Waals surface area contributed by atoms with E-state index in [4.69, 9.17) is 11.1 Å². The smallest absolute Gasteiger partial charge is 0.345 e. The molecule has 0 aromatic heterocycles. The van der Waals surface area contributed by atoms with E-state index >= 15 is 0 Å². The summed E-state index contributed by atoms with van der Waals surface area (Å²) in [5.41, 5.74) is 4.98. The second-order valence-electron chi connectivity index (χ2n) is 2.45. The van der Waals surface area contributed by atoms with Crippen LogP contribution in [0.25, 0.3) is 0 Å². The van der Waals surface area contributed by atoms with Crippen LogP contribution in [-0.4, -0.2) is 17.8 Å². The second kappa shape index (κ2) is 4.18. The molecule has 0 aliphatic carbocycles. The van der Waals surface area contributed by atoms with Gasteiger partial charge in [0.25, 0.3) is 5.90 Å². The monoisotopic (exact) mass is 192 g/mol. The Kier molecular flexibility index (Phi) is 2.96. The number of hydrogen-bond acceptors (Lipinski definition) is 4. The molecule has 5 heteroatoms. The lowest BCUT2D eigenvalue weighted by atomic mass is 10.2. The van der Waals surface area contributed by atoms with Gasteiger partial charge < -0.3 is 10.5 Å². The van der Waals surface area contributed by atoms with Crippen molar-refractivity contribution in [2.75, 3.05) is 0 Å². The van der Waals surface area contributed by atoms with Crippen molar-refractivity contribution in [3.05, 3.63) is 35.9 Å². The van der Waals surface area contributed by atoms with E-state index in [0.717, 1.165) is 0 Å². The third-order valence-corrected chi connectivity index (χ3v) is 1.43. The first-order valence-electron chi connectivity index (χ1n) is 3.77. The Bertz CT molecular complexity index is 373. The highest BCUT2D eigenvalue weighted by molar-refractivity contribution is 6.35. The predicted octanol–water partition coefficient (Wildman–Crippen LogP) is 0.306. The van der Waals surface area contributed by atoms with E-state index in [2.05, 4.69) is 4.74 Å². The van der Waals surface area contributed by atoms with Crippen LogP contribution >= 0.6 is 0 Å². The molecule has 0 unspecified atom stereocenters. The molecule has 0 heterocycles. The Morgan fingerprint density at radius 2 is 1.79 bits per heavy atom. The van der Waals surface area contributed by atoms with E-state index in [0.29, 0.717) is 0 Å². The van der Waals surface area contributed by atoms with Gasteiger partial charge in [-0.2, -0.15) is 0 Å². The van der Waals surface area contributed by atoms with Crippen molar-refractivity contribution in [3.63, 3.8) is 0 Å². The topological polar surface area (TPSA) is 93.2 Å². The lowest BCUT2D eigenvalue weighted by Gasteiger charge is -2.01. The summed E-state index contributed by atoms with van der Waals surface area (Å²) in [6, 6.07) is 8.04. The summed E-state index contributed by atoms with van der Waals surface area (Å²) < 4.78 is 4.37. The maximum atomic E-state index is 11.2. The van der Waals surface area contributed by atoms with Crippen molar-refractivity contribution in [3.8, 4) is 0 Å². The standard InChI is InChI=1S/C9H8N2O3/c10-7(12)8(11)14-9(13)6-4-2-1-3-5-6/h1-5,11H,(H2,10,12). The van der Waals surface area contributed by atoms with Crippen LogP contribution in [-0.2, 0) is 9.53 Å². The molecule has 0 spiro atoms. The molecule has 0 saturated heterocycles. The number of benzene rings is 1. The van der Waals surface area contributed by atoms with Gasteiger partial charge in [0.15, 0.2) is 0 Å². The van der Waals surface area contributed by atoms with Gasteiger partial charge in [0, 0.05) is 0 Å². The van der Waals surface area contributed by atoms with Gasteiger partial charge >= 0.3 is 11.9 Å². The normalized spacial score (nSPS) is 9.14. The fourth-order valence-electron chi connectivity index (χ4n) is 0.776. The van der Waals surface area contributed by atoms with Crippen LogP contribution in [0.15, 0.2) is 30.3 Å². The molecule has 0 aliphatic heterocycles. The van der Waals surface area contributed by atoms with Gasteiger partial charge in [-0.25, -0.2) is 4.79 Å². The number of nitrogens with two attached hydrogens (primary N) is 1. The maximum absolute atomic E-state index is 11.2. The molecular weight excluding hydrogens is 184 g/mol. The van der Waals surface area contributed by atoms with Crippen molar-refractivity contribution in [1.82, 2.24) is 0 Å². The van der Waals surface area contributed by atoms with E-state index in [1.165, 1.54) is 12.1 Å². The molecule has 3 N–H and O–H groups in total. The number of rotatable bonds is 1. The molecule has 0 aliphatic rings. The average molecular weight is 192 g/mol. The fourth-order valence-corrected chi connectivity index (χ4v) is 0.776. The first kappa shape index (κ1) is 9.91. The molecule has 1 amide bonds. The Labute approximate surface area is 80.0 Å². The lowest BCUT2D eigenvalue weighted by molar-refractivity contribution is -0.113. The summed E-state index contributed by atoms with van der Waals surface area (Å²) in [4.78, 5) is 21.6. The van der Waals surface area contributed by atoms with Crippen LogP contribution in [0.4, 0.5) is 0 Å². The summed E-state index contributed by atoms with van der Waals surface area (Å²) in [7, 11) is 0. The molecule has 72 valence electrons. The minimum absolute atomic E-state index is 0.263. The largest absolute Gasteiger partial charge is 0.399 e. The van der Waals surface area contributed by atoms with E-state index in [1.807, 2.05) is 0 Å². The van der Waals surface area contributed by atoms with Crippen molar-refractivity contribution in [2.24, 2.45) is 5.73 Å². The zero-order valence-corrected chi connectivity index (χ0v) is 7.19. The molecule has 14 heavy (non-hydrogen) atoms. The maximum Gasteiger partial charge on any atom is 0.345 e. The minimum atomic E-state index is -1.07. The van der Waals surface area contributed by atoms with Gasteiger partial charge in [-0.15, -0.1) is 0 Å². The minimum Gasteiger partial charge on any atom is -0.399 e. The molecule has 0 fully saturated rings. The quantitative estimate of drug-likeness (QED) is 0.381. The number of amides is 1. The first-order chi connectivity index (χ1) is 6.61. The van der Waals surface area contributed by atoms with Gasteiger partial charge in [0.1, 0.15) is 0 Å². The Morgan fingerprint density at radius 3 is 2.29 bits per heavy atom. The molecule has 0 bridgehead atoms. The van der Waals surface area contributed by atoms with Crippen molar-refractivity contribution in [1.29, 1.82) is 5.41 Å². The third-order valence-electron chi connectivity index (χ3n) is 1.43. The van der Waals surface area contributed by atoms with E-state index in [1.54, 1.807) is 18.2 Å². The van der Waals surface area contributed by atoms with Crippen LogP contribution in [0.5, 0.6) is 0 Å². The summed E-state index contributed by atoms with van der Waals surface area (Å²) >= 11 is 0. The Hall–Kier alpha value is -2.17. The highest BCUT2D eigenvalue weighted by Gasteiger charge is 2.13. The molecule has 0 radical (unpaired) electrons. The zero-order valence-electron chi connectivity index (χ0n) is 7.19. The second-order valence-corrected chi connectivity index (χ2v) is 2.45. The highest BCUT2D eigenvalue weighted by Crippen LogP contribution is 2.00. The first-order valence-corrected chi connectivity index (χ1v) is 3.77. The van der Waals surface area contributed by atoms with Crippen LogP contribution in [0.2, 0.25) is 0 Å². The molecule has 1 aromatic rings. The summed E-state index contributed by atoms with van der Waals surface area (Å²) in [5, 5.41) is 6.91. The Morgan fingerprint density at radius 1 is 1.21 bits per heavy atom. The van der Waals surface area contributed by atoms with Gasteiger partial charge in [0.05, 0.1) is 5.56 Å². The van der Waals surface area contributed by atoms with Gasteiger partial charge in [-0.3, -0.25) is 10.2 Å². The van der Waals surface area contributed by atoms with Gasteiger partial charge in [-0.05, 0) is 12.1 Å². The SMILES string of the molecule is N=C(OC(=O)c1ccccc1)C(N)=O. The summed E-state index contributed by atoms with van der Waals surface area (Å²) in [5.74, 6) is -2.71. The average Bonchev–Trinajstić information content (AvgIpc) is 2.19. The van der Waals surface area contributed by atoms with Crippen LogP contribution in [0.3, 0.4) is 0 Å². The van der Waals surface area contributed by atoms with Crippen molar-refractivity contribution in [2.45, 2.75) is 0 Å². The highest BCUT2D eigenvalue weighted by atomic mass is 16.5. The molecule has 5 nitrogen and oxygen atoms in total. The number of esters is 1. The third kappa shape index (κ3) is 2.41. The molecule has 1 aromatic carbocycles. The van der Waals surface area contributed by atoms with E-state index in [9.17, 15) is 9.59 Å². The van der Waals surface area contributed by atoms with Gasteiger partial charge in [-0.1, -0.05) is 18.2 Å². The lowest BCUT2D eigenvalue weighted by Crippen LogP contribution is -2.27. The van der Waals surface area contributed by atoms with Crippen LogP contribution in [0, 0.1) is 5.41 Å². The fraction of sp³-hybridized carbons (Fsp3) is 0. The van der Waals surface area contributed by atoms with Crippen molar-refractivity contribution >= 4 is 17.8 Å². The van der Waals surface area contributed by atoms with Crippen LogP contribution in [0.1, 0.15) is 10.4 Å². The number of ether oxygens (including phenoxy) is 1. The summed E-state index contributed by atoms with van der Waals surface area (Å²) in [6.07, 6.45) is 0. The number of nitrogens with one attached hydrogen (secondary N) is 1. The number of primary amides is 1. The van der Waals surface area contributed by atoms with Gasteiger partial charge in [0.2, 0.25) is 0 Å². The van der Waals surface area contributed by atoms with E-state index < -0.39 is 17.8 Å². The van der Waals surface area contributed by atoms with Crippen molar-refractivity contribution < 1.29 is 14.3 Å².